The number of ether oxygens (including phenoxy) is 1. The predicted molar refractivity (Wildman–Crippen MR) is 62.3 cm³/mol. The molecule has 1 aromatic rings. The Morgan fingerprint density at radius 3 is 2.86 bits per heavy atom. The molecule has 0 N–H and O–H groups in total. The summed E-state index contributed by atoms with van der Waals surface area (Å²) in [5.41, 5.74) is 2.58. The van der Waals surface area contributed by atoms with E-state index in [0.717, 1.165) is 17.6 Å². The molecule has 1 unspecified atom stereocenters. The molecule has 1 saturated heterocycles. The number of rotatable bonds is 3. The van der Waals surface area contributed by atoms with E-state index in [0.29, 0.717) is 0 Å². The highest BCUT2D eigenvalue weighted by molar-refractivity contribution is 8.01. The van der Waals surface area contributed by atoms with E-state index >= 15 is 0 Å². The van der Waals surface area contributed by atoms with Gasteiger partial charge in [-0.1, -0.05) is 12.1 Å². The van der Waals surface area contributed by atoms with Crippen LogP contribution in [0, 0.1) is 13.8 Å². The molecule has 1 fully saturated rings. The number of aryl methyl sites for hydroxylation is 1. The minimum absolute atomic E-state index is 0.731. The molecule has 2 rings (SSSR count). The van der Waals surface area contributed by atoms with Crippen LogP contribution in [-0.4, -0.2) is 17.6 Å². The summed E-state index contributed by atoms with van der Waals surface area (Å²) >= 11 is 2.01. The minimum atomic E-state index is 0.731. The van der Waals surface area contributed by atoms with E-state index in [9.17, 15) is 0 Å². The van der Waals surface area contributed by atoms with Crippen LogP contribution >= 0.6 is 11.8 Å². The first-order chi connectivity index (χ1) is 6.77. The van der Waals surface area contributed by atoms with Crippen LogP contribution in [-0.2, 0) is 0 Å². The quantitative estimate of drug-likeness (QED) is 0.754. The van der Waals surface area contributed by atoms with Gasteiger partial charge in [-0.15, -0.1) is 0 Å². The van der Waals surface area contributed by atoms with Gasteiger partial charge in [-0.3, -0.25) is 0 Å². The lowest BCUT2D eigenvalue weighted by atomic mass is 10.1. The van der Waals surface area contributed by atoms with Crippen LogP contribution in [0.25, 0.3) is 0 Å². The first kappa shape index (κ1) is 9.91. The third-order valence-corrected chi connectivity index (χ3v) is 4.09. The van der Waals surface area contributed by atoms with Crippen LogP contribution in [0.3, 0.4) is 0 Å². The van der Waals surface area contributed by atoms with Gasteiger partial charge in [0.25, 0.3) is 0 Å². The topological polar surface area (TPSA) is 9.23 Å². The highest BCUT2D eigenvalue weighted by Crippen LogP contribution is 2.29. The fraction of sp³-hybridized carbons (Fsp3) is 0.500. The van der Waals surface area contributed by atoms with Crippen molar-refractivity contribution in [3.8, 4) is 5.75 Å². The predicted octanol–water partition coefficient (Wildman–Crippen LogP) is 3.19. The molecule has 14 heavy (non-hydrogen) atoms. The fourth-order valence-electron chi connectivity index (χ4n) is 1.48. The zero-order valence-corrected chi connectivity index (χ0v) is 9.56. The van der Waals surface area contributed by atoms with Gasteiger partial charge < -0.3 is 4.74 Å². The second-order valence-electron chi connectivity index (χ2n) is 3.79. The highest BCUT2D eigenvalue weighted by Gasteiger charge is 2.18. The van der Waals surface area contributed by atoms with E-state index in [2.05, 4.69) is 32.0 Å². The Bertz CT molecular complexity index is 318. The monoisotopic (exact) mass is 208 g/mol. The van der Waals surface area contributed by atoms with Gasteiger partial charge in [0.05, 0.1) is 0 Å². The normalized spacial score (nSPS) is 20.3. The molecule has 0 spiro atoms. The first-order valence-corrected chi connectivity index (χ1v) is 6.13. The van der Waals surface area contributed by atoms with Crippen molar-refractivity contribution >= 4 is 11.8 Å². The van der Waals surface area contributed by atoms with E-state index < -0.39 is 0 Å². The molecule has 1 aromatic carbocycles. The van der Waals surface area contributed by atoms with Crippen LogP contribution in [0.2, 0.25) is 0 Å². The average molecular weight is 208 g/mol. The Hall–Kier alpha value is -0.630. The van der Waals surface area contributed by atoms with Crippen molar-refractivity contribution in [2.45, 2.75) is 25.5 Å². The largest absolute Gasteiger partial charge is 0.492 e. The summed E-state index contributed by atoms with van der Waals surface area (Å²) in [7, 11) is 0. The number of hydrogen-bond donors (Lipinski definition) is 0. The van der Waals surface area contributed by atoms with Crippen LogP contribution in [0.4, 0.5) is 0 Å². The van der Waals surface area contributed by atoms with Gasteiger partial charge in [0, 0.05) is 5.25 Å². The summed E-state index contributed by atoms with van der Waals surface area (Å²) in [6, 6.07) is 6.25. The smallest absolute Gasteiger partial charge is 0.122 e. The lowest BCUT2D eigenvalue weighted by Gasteiger charge is -2.25. The summed E-state index contributed by atoms with van der Waals surface area (Å²) in [6.07, 6.45) is 1.32. The van der Waals surface area contributed by atoms with Crippen molar-refractivity contribution in [2.75, 3.05) is 12.4 Å². The summed E-state index contributed by atoms with van der Waals surface area (Å²) in [5, 5.41) is 0.731. The maximum atomic E-state index is 5.80. The summed E-state index contributed by atoms with van der Waals surface area (Å²) in [4.78, 5) is 0. The summed E-state index contributed by atoms with van der Waals surface area (Å²) in [5.74, 6) is 2.36. The molecule has 1 aliphatic rings. The number of benzene rings is 1. The molecule has 0 aliphatic carbocycles. The molecule has 1 nitrogen and oxygen atoms in total. The van der Waals surface area contributed by atoms with Crippen LogP contribution < -0.4 is 4.74 Å². The Balaban J connectivity index is 1.97. The second kappa shape index (κ2) is 4.26. The SMILES string of the molecule is Cc1cccc(OCC2CCS2)c1C. The minimum Gasteiger partial charge on any atom is -0.492 e. The number of hydrogen-bond acceptors (Lipinski definition) is 2. The molecule has 0 bridgehead atoms. The molecule has 2 heteroatoms. The van der Waals surface area contributed by atoms with E-state index in [1.54, 1.807) is 0 Å². The lowest BCUT2D eigenvalue weighted by Crippen LogP contribution is -2.23. The standard InChI is InChI=1S/C12H16OS/c1-9-4-3-5-12(10(9)2)13-8-11-6-7-14-11/h3-5,11H,6-8H2,1-2H3. The van der Waals surface area contributed by atoms with Crippen molar-refractivity contribution in [3.05, 3.63) is 29.3 Å². The van der Waals surface area contributed by atoms with E-state index in [1.807, 2.05) is 11.8 Å². The second-order valence-corrected chi connectivity index (χ2v) is 5.20. The van der Waals surface area contributed by atoms with Crippen molar-refractivity contribution in [1.82, 2.24) is 0 Å². The Morgan fingerprint density at radius 2 is 2.21 bits per heavy atom. The Labute approximate surface area is 89.9 Å². The number of thioether (sulfide) groups is 1. The maximum absolute atomic E-state index is 5.80. The Morgan fingerprint density at radius 1 is 1.43 bits per heavy atom. The zero-order chi connectivity index (χ0) is 9.97. The fourth-order valence-corrected chi connectivity index (χ4v) is 2.21. The third kappa shape index (κ3) is 2.06. The summed E-state index contributed by atoms with van der Waals surface area (Å²) in [6.45, 7) is 5.12. The third-order valence-electron chi connectivity index (χ3n) is 2.77. The molecule has 0 aromatic heterocycles. The van der Waals surface area contributed by atoms with Crippen molar-refractivity contribution in [1.29, 1.82) is 0 Å². The van der Waals surface area contributed by atoms with Gasteiger partial charge >= 0.3 is 0 Å². The van der Waals surface area contributed by atoms with Gasteiger partial charge in [0.1, 0.15) is 12.4 Å². The van der Waals surface area contributed by atoms with Crippen LogP contribution in [0.1, 0.15) is 17.5 Å². The molecule has 1 atom stereocenters. The molecule has 1 aliphatic heterocycles. The first-order valence-electron chi connectivity index (χ1n) is 5.08. The molecular weight excluding hydrogens is 192 g/mol. The van der Waals surface area contributed by atoms with Crippen LogP contribution in [0.5, 0.6) is 5.75 Å². The molecule has 1 heterocycles. The van der Waals surface area contributed by atoms with Gasteiger partial charge in [-0.05, 0) is 43.2 Å². The average Bonchev–Trinajstić information content (AvgIpc) is 2.09. The summed E-state index contributed by atoms with van der Waals surface area (Å²) < 4.78 is 5.80. The van der Waals surface area contributed by atoms with E-state index in [4.69, 9.17) is 4.74 Å². The van der Waals surface area contributed by atoms with Crippen LogP contribution in [0.15, 0.2) is 18.2 Å². The maximum Gasteiger partial charge on any atom is 0.122 e. The molecule has 0 saturated carbocycles. The Kier molecular flexibility index (Phi) is 3.02. The molecule has 76 valence electrons. The van der Waals surface area contributed by atoms with Gasteiger partial charge in [-0.2, -0.15) is 11.8 Å². The highest BCUT2D eigenvalue weighted by atomic mass is 32.2. The van der Waals surface area contributed by atoms with Crippen molar-refractivity contribution in [3.63, 3.8) is 0 Å². The zero-order valence-electron chi connectivity index (χ0n) is 8.75. The van der Waals surface area contributed by atoms with Gasteiger partial charge in [0.2, 0.25) is 0 Å². The molecule has 0 radical (unpaired) electrons. The lowest BCUT2D eigenvalue weighted by molar-refractivity contribution is 0.308. The van der Waals surface area contributed by atoms with Crippen molar-refractivity contribution in [2.24, 2.45) is 0 Å². The van der Waals surface area contributed by atoms with Gasteiger partial charge in [-0.25, -0.2) is 0 Å². The van der Waals surface area contributed by atoms with Gasteiger partial charge in [0.15, 0.2) is 0 Å². The van der Waals surface area contributed by atoms with E-state index in [-0.39, 0.29) is 0 Å². The van der Waals surface area contributed by atoms with E-state index in [1.165, 1.54) is 23.3 Å². The van der Waals surface area contributed by atoms with Crippen molar-refractivity contribution < 1.29 is 4.74 Å². The molecule has 0 amide bonds. The molecular formula is C12H16OS.